The van der Waals surface area contributed by atoms with Crippen LogP contribution in [0.2, 0.25) is 0 Å². The average Bonchev–Trinajstić information content (AvgIpc) is 0.808. The predicted molar refractivity (Wildman–Crippen MR) is 431 cm³/mol. The first-order chi connectivity index (χ1) is 51.4. The molecular weight excluding hydrogens is 1360 g/mol. The van der Waals surface area contributed by atoms with Gasteiger partial charge in [-0.15, -0.1) is 0 Å². The lowest BCUT2D eigenvalue weighted by Gasteiger charge is -2.56. The number of ether oxygens (including phenoxy) is 4. The van der Waals surface area contributed by atoms with Crippen molar-refractivity contribution in [2.45, 2.75) is 448 Å². The quantitative estimate of drug-likeness (QED) is 0.0477. The van der Waals surface area contributed by atoms with Gasteiger partial charge in [-0.3, -0.25) is 19.4 Å². The Kier molecular flexibility index (Phi) is 28.3. The molecule has 22 heteroatoms. The van der Waals surface area contributed by atoms with Crippen molar-refractivity contribution in [3.63, 3.8) is 0 Å². The van der Waals surface area contributed by atoms with E-state index in [0.717, 1.165) is 155 Å². The summed E-state index contributed by atoms with van der Waals surface area (Å²) < 4.78 is 24.2. The summed E-state index contributed by atoms with van der Waals surface area (Å²) in [4.78, 5) is 64.3. The van der Waals surface area contributed by atoms with Crippen LogP contribution in [0, 0.1) is 11.8 Å². The molecule has 6 saturated heterocycles. The van der Waals surface area contributed by atoms with E-state index in [9.17, 15) is 0 Å². The number of anilines is 4. The molecule has 0 bridgehead atoms. The normalized spacial score (nSPS) is 27.0. The van der Waals surface area contributed by atoms with Crippen LogP contribution >= 0.6 is 0 Å². The Morgan fingerprint density at radius 2 is 0.620 bits per heavy atom. The summed E-state index contributed by atoms with van der Waals surface area (Å²) in [5.41, 5.74) is -1.13. The summed E-state index contributed by atoms with van der Waals surface area (Å²) in [6.07, 6.45) is 44.6. The molecule has 0 amide bonds. The van der Waals surface area contributed by atoms with Crippen LogP contribution in [0.15, 0.2) is 0 Å². The summed E-state index contributed by atoms with van der Waals surface area (Å²) in [5.74, 6) is 3.76. The Labute approximate surface area is 653 Å². The first-order valence-corrected chi connectivity index (χ1v) is 44.3. The molecule has 4 aliphatic carbocycles. The Bertz CT molecular complexity index is 2810. The molecule has 22 nitrogen and oxygen atoms in total. The zero-order valence-electron chi connectivity index (χ0n) is 70.9. The molecule has 2 N–H and O–H groups in total. The van der Waals surface area contributed by atoms with Crippen LogP contribution in [-0.2, 0) is 28.8 Å². The van der Waals surface area contributed by atoms with E-state index in [1.54, 1.807) is 0 Å². The lowest BCUT2D eigenvalue weighted by molar-refractivity contribution is -0.314. The smallest absolute Gasteiger partial charge is 0.323 e. The Morgan fingerprint density at radius 1 is 0.343 bits per heavy atom. The SMILES string of the molecule is CC1(C)CC(CCCCNc2nc(OCC3CO3)nc(N(CCCCCCN(c3nc(NCCCCC4CC(C)(C)N(OC5CCCCC5)C(C)(C)C4)nc(OCC4CO4)n3)C3CC(C)(C)N(OC4CCCCC4)C(C)(C)C3)C3CC(C)(C)N(OC4CCCCC4)C(C)(C)C3)n2)CC(C)(C)N1OC1CCCCC1. The van der Waals surface area contributed by atoms with Crippen molar-refractivity contribution < 1.29 is 38.3 Å². The van der Waals surface area contributed by atoms with Gasteiger partial charge in [-0.2, -0.15) is 50.2 Å². The fourth-order valence-corrected chi connectivity index (χ4v) is 21.9. The van der Waals surface area contributed by atoms with Crippen molar-refractivity contribution >= 4 is 23.8 Å². The third-order valence-electron chi connectivity index (χ3n) is 26.1. The number of nitrogens with zero attached hydrogens (tertiary/aromatic N) is 12. The number of unbranched alkanes of at least 4 members (excludes halogenated alkanes) is 5. The maximum atomic E-state index is 7.12. The van der Waals surface area contributed by atoms with Crippen LogP contribution in [0.1, 0.15) is 355 Å². The third kappa shape index (κ3) is 23.1. The molecule has 8 heterocycles. The molecule has 12 rings (SSSR count). The van der Waals surface area contributed by atoms with E-state index in [2.05, 4.69) is 151 Å². The van der Waals surface area contributed by atoms with Gasteiger partial charge in [0, 0.05) is 82.6 Å². The highest BCUT2D eigenvalue weighted by molar-refractivity contribution is 5.42. The number of aromatic nitrogens is 6. The van der Waals surface area contributed by atoms with Crippen molar-refractivity contribution in [2.24, 2.45) is 11.8 Å². The van der Waals surface area contributed by atoms with Crippen LogP contribution in [0.3, 0.4) is 0 Å². The molecule has 2 aromatic heterocycles. The van der Waals surface area contributed by atoms with Crippen LogP contribution in [0.25, 0.3) is 0 Å². The summed E-state index contributed by atoms with van der Waals surface area (Å²) in [5, 5.41) is 17.0. The first kappa shape index (κ1) is 83.8. The second kappa shape index (κ2) is 36.5. The van der Waals surface area contributed by atoms with Gasteiger partial charge in [-0.1, -0.05) is 116 Å². The number of piperidine rings is 4. The summed E-state index contributed by atoms with van der Waals surface area (Å²) in [6.45, 7) is 43.6. The predicted octanol–water partition coefficient (Wildman–Crippen LogP) is 18.3. The number of hydroxylamine groups is 8. The number of hydrogen-bond donors (Lipinski definition) is 2. The minimum atomic E-state index is -0.259. The van der Waals surface area contributed by atoms with Crippen molar-refractivity contribution in [3.8, 4) is 12.0 Å². The van der Waals surface area contributed by atoms with Gasteiger partial charge in [0.05, 0.1) is 37.6 Å². The lowest BCUT2D eigenvalue weighted by Crippen LogP contribution is -2.65. The highest BCUT2D eigenvalue weighted by atomic mass is 16.7. The highest BCUT2D eigenvalue weighted by Gasteiger charge is 2.53. The molecule has 2 atom stereocenters. The molecular formula is C86H152N14O8. The van der Waals surface area contributed by atoms with Gasteiger partial charge in [0.1, 0.15) is 25.4 Å². The van der Waals surface area contributed by atoms with Gasteiger partial charge < -0.3 is 39.4 Å². The standard InChI is InChI=1S/C86H152N14O8/c1-79(2)51-63(52-80(3,4)97(79)105-67-39-23-19-24-40-67)37-31-33-47-87-73-89-75(93-77(91-73)103-61-71-59-101-71)95(65-55-83(9,10)99(84(11,12)56-65)107-69-43-27-21-28-44-69)49-35-17-18-36-50-96(66-57-85(13,14)100(86(15,16)58-66)108-70-45-29-22-30-46-70)76-90-74(92-78(94-76)104-62-72-60-102-72)88-48-34-32-38-64-53-81(5,6)98(82(7,8)54-64)106-68-41-25-20-26-42-68/h63-72H,17-62H2,1-16H3,(H,87,89,91,93)(H,88,90,92,94). The zero-order valence-corrected chi connectivity index (χ0v) is 70.9. The number of hydrogen-bond acceptors (Lipinski definition) is 22. The molecule has 10 aliphatic rings. The largest absolute Gasteiger partial charge is 0.460 e. The fraction of sp³-hybridized carbons (Fsp3) is 0.930. The molecule has 2 aromatic rings. The maximum absolute atomic E-state index is 7.12. The molecule has 108 heavy (non-hydrogen) atoms. The van der Waals surface area contributed by atoms with E-state index in [-0.39, 0.29) is 80.8 Å². The van der Waals surface area contributed by atoms with E-state index in [4.69, 9.17) is 68.2 Å². The third-order valence-corrected chi connectivity index (χ3v) is 26.1. The average molecular weight is 1510 g/mol. The molecule has 0 aromatic carbocycles. The van der Waals surface area contributed by atoms with Gasteiger partial charge in [0.25, 0.3) is 0 Å². The number of rotatable bonds is 37. The van der Waals surface area contributed by atoms with E-state index < -0.39 is 0 Å². The monoisotopic (exact) mass is 1510 g/mol. The maximum Gasteiger partial charge on any atom is 0.323 e. The van der Waals surface area contributed by atoms with Gasteiger partial charge in [0.15, 0.2) is 0 Å². The van der Waals surface area contributed by atoms with E-state index in [1.807, 2.05) is 0 Å². The minimum Gasteiger partial charge on any atom is -0.460 e. The second-order valence-electron chi connectivity index (χ2n) is 40.5. The van der Waals surface area contributed by atoms with E-state index >= 15 is 0 Å². The summed E-state index contributed by atoms with van der Waals surface area (Å²) in [6, 6.07) is 0.960. The lowest BCUT2D eigenvalue weighted by atomic mass is 9.73. The number of nitrogens with one attached hydrogen (secondary N) is 2. The van der Waals surface area contributed by atoms with Gasteiger partial charge in [-0.25, -0.2) is 0 Å². The van der Waals surface area contributed by atoms with Crippen molar-refractivity contribution in [1.82, 2.24) is 50.2 Å². The van der Waals surface area contributed by atoms with Crippen LogP contribution in [0.4, 0.5) is 23.8 Å². The van der Waals surface area contributed by atoms with E-state index in [0.29, 0.717) is 86.3 Å². The van der Waals surface area contributed by atoms with Crippen molar-refractivity contribution in [1.29, 1.82) is 0 Å². The Morgan fingerprint density at radius 3 is 0.898 bits per heavy atom. The van der Waals surface area contributed by atoms with Crippen LogP contribution < -0.4 is 29.9 Å². The van der Waals surface area contributed by atoms with Crippen molar-refractivity contribution in [3.05, 3.63) is 0 Å². The van der Waals surface area contributed by atoms with Crippen LogP contribution in [0.5, 0.6) is 12.0 Å². The van der Waals surface area contributed by atoms with Gasteiger partial charge in [-0.05, 0) is 251 Å². The molecule has 2 unspecified atom stereocenters. The zero-order chi connectivity index (χ0) is 76.5. The Hall–Kier alpha value is -3.58. The molecule has 6 aliphatic heterocycles. The van der Waals surface area contributed by atoms with Gasteiger partial charge in [0.2, 0.25) is 23.8 Å². The Balaban J connectivity index is 0.740. The highest BCUT2D eigenvalue weighted by Crippen LogP contribution is 2.49. The van der Waals surface area contributed by atoms with Crippen LogP contribution in [-0.4, -0.2) is 196 Å². The fourth-order valence-electron chi connectivity index (χ4n) is 21.9. The summed E-state index contributed by atoms with van der Waals surface area (Å²) >= 11 is 0. The molecule has 4 saturated carbocycles. The van der Waals surface area contributed by atoms with Crippen molar-refractivity contribution in [2.75, 3.05) is 73.0 Å². The molecule has 0 radical (unpaired) electrons. The first-order valence-electron chi connectivity index (χ1n) is 44.3. The molecule has 0 spiro atoms. The van der Waals surface area contributed by atoms with E-state index in [1.165, 1.54) is 116 Å². The topological polar surface area (TPSA) is 201 Å². The van der Waals surface area contributed by atoms with Gasteiger partial charge >= 0.3 is 12.0 Å². The molecule has 10 fully saturated rings. The number of epoxide rings is 2. The minimum absolute atomic E-state index is 0.0241. The second-order valence-corrected chi connectivity index (χ2v) is 40.5. The molecule has 614 valence electrons. The summed E-state index contributed by atoms with van der Waals surface area (Å²) in [7, 11) is 0.